The van der Waals surface area contributed by atoms with Gasteiger partial charge in [0, 0.05) is 5.56 Å². The highest BCUT2D eigenvalue weighted by Crippen LogP contribution is 2.52. The molecule has 2 aromatic carbocycles. The summed E-state index contributed by atoms with van der Waals surface area (Å²) in [5.74, 6) is -0.696. The number of hydrogen-bond donors (Lipinski definition) is 1. The first-order chi connectivity index (χ1) is 11.1. The zero-order valence-corrected chi connectivity index (χ0v) is 12.0. The van der Waals surface area contributed by atoms with E-state index in [9.17, 15) is 31.4 Å². The minimum absolute atomic E-state index is 0.246. The van der Waals surface area contributed by atoms with E-state index in [4.69, 9.17) is 4.74 Å². The molecule has 0 saturated heterocycles. The fourth-order valence-corrected chi connectivity index (χ4v) is 2.09. The number of para-hydroxylation sites is 1. The van der Waals surface area contributed by atoms with Crippen LogP contribution in [0, 0.1) is 0 Å². The van der Waals surface area contributed by atoms with Gasteiger partial charge >= 0.3 is 12.4 Å². The molecule has 0 radical (unpaired) electrons. The summed E-state index contributed by atoms with van der Waals surface area (Å²) in [5, 5.41) is 9.50. The zero-order valence-electron chi connectivity index (χ0n) is 12.0. The largest absolute Gasteiger partial charge is 0.488 e. The normalized spacial score (nSPS) is 13.0. The van der Waals surface area contributed by atoms with Crippen LogP contribution in [0.2, 0.25) is 0 Å². The van der Waals surface area contributed by atoms with Gasteiger partial charge in [-0.25, -0.2) is 0 Å². The van der Waals surface area contributed by atoms with Gasteiger partial charge in [-0.1, -0.05) is 48.5 Å². The Morgan fingerprint density at radius 1 is 0.750 bits per heavy atom. The summed E-state index contributed by atoms with van der Waals surface area (Å²) in [6.45, 7) is -0.246. The van der Waals surface area contributed by atoms with Gasteiger partial charge in [0.25, 0.3) is 5.60 Å². The summed E-state index contributed by atoms with van der Waals surface area (Å²) in [5.41, 5.74) is -5.87. The predicted molar refractivity (Wildman–Crippen MR) is 73.2 cm³/mol. The molecule has 0 unspecified atom stereocenters. The van der Waals surface area contributed by atoms with Gasteiger partial charge < -0.3 is 9.84 Å². The van der Waals surface area contributed by atoms with Crippen LogP contribution in [0.4, 0.5) is 26.3 Å². The molecular weight excluding hydrogens is 338 g/mol. The first-order valence-corrected chi connectivity index (χ1v) is 6.69. The van der Waals surface area contributed by atoms with Crippen LogP contribution in [0.15, 0.2) is 54.6 Å². The number of benzene rings is 2. The maximum absolute atomic E-state index is 13.0. The average molecular weight is 350 g/mol. The molecule has 0 amide bonds. The fraction of sp³-hybridized carbons (Fsp3) is 0.250. The average Bonchev–Trinajstić information content (AvgIpc) is 2.51. The molecule has 0 bridgehead atoms. The van der Waals surface area contributed by atoms with Gasteiger partial charge in [-0.05, 0) is 11.6 Å². The summed E-state index contributed by atoms with van der Waals surface area (Å²) in [7, 11) is 0. The Labute approximate surface area is 133 Å². The Morgan fingerprint density at radius 3 is 1.79 bits per heavy atom. The highest BCUT2D eigenvalue weighted by Gasteiger charge is 2.72. The van der Waals surface area contributed by atoms with Crippen molar-refractivity contribution in [3.63, 3.8) is 0 Å². The lowest BCUT2D eigenvalue weighted by molar-refractivity contribution is -0.376. The second-order valence-corrected chi connectivity index (χ2v) is 4.98. The van der Waals surface area contributed by atoms with Gasteiger partial charge in [-0.15, -0.1) is 0 Å². The van der Waals surface area contributed by atoms with Crippen molar-refractivity contribution in [2.24, 2.45) is 0 Å². The van der Waals surface area contributed by atoms with Gasteiger partial charge in [0.05, 0.1) is 0 Å². The van der Waals surface area contributed by atoms with Crippen molar-refractivity contribution >= 4 is 0 Å². The van der Waals surface area contributed by atoms with Crippen LogP contribution < -0.4 is 4.74 Å². The molecule has 0 spiro atoms. The second-order valence-electron chi connectivity index (χ2n) is 4.98. The summed E-state index contributed by atoms with van der Waals surface area (Å²) in [6.07, 6.45) is -11.9. The van der Waals surface area contributed by atoms with Crippen LogP contribution in [0.3, 0.4) is 0 Å². The van der Waals surface area contributed by atoms with Crippen LogP contribution in [0.25, 0.3) is 0 Å². The van der Waals surface area contributed by atoms with E-state index >= 15 is 0 Å². The Morgan fingerprint density at radius 2 is 1.25 bits per heavy atom. The second kappa shape index (κ2) is 6.35. The van der Waals surface area contributed by atoms with E-state index in [0.717, 1.165) is 12.1 Å². The van der Waals surface area contributed by atoms with Gasteiger partial charge in [-0.2, -0.15) is 26.3 Å². The summed E-state index contributed by atoms with van der Waals surface area (Å²) in [6, 6.07) is 11.9. The zero-order chi connectivity index (χ0) is 18.0. The minimum atomic E-state index is -5.96. The molecule has 0 aromatic heterocycles. The van der Waals surface area contributed by atoms with Gasteiger partial charge in [0.2, 0.25) is 0 Å². The van der Waals surface area contributed by atoms with Crippen molar-refractivity contribution in [3.05, 3.63) is 65.7 Å². The summed E-state index contributed by atoms with van der Waals surface area (Å²) in [4.78, 5) is 0. The van der Waals surface area contributed by atoms with Gasteiger partial charge in [0.1, 0.15) is 12.4 Å². The Kier molecular flexibility index (Phi) is 4.80. The Hall–Kier alpha value is -2.22. The van der Waals surface area contributed by atoms with Crippen molar-refractivity contribution in [2.75, 3.05) is 0 Å². The molecule has 2 rings (SSSR count). The number of ether oxygens (including phenoxy) is 1. The van der Waals surface area contributed by atoms with E-state index in [2.05, 4.69) is 0 Å². The number of alkyl halides is 6. The predicted octanol–water partition coefficient (Wildman–Crippen LogP) is 4.58. The molecule has 2 nitrogen and oxygen atoms in total. The van der Waals surface area contributed by atoms with Crippen LogP contribution in [-0.4, -0.2) is 17.5 Å². The Balaban J connectivity index is 2.43. The first-order valence-electron chi connectivity index (χ1n) is 6.69. The van der Waals surface area contributed by atoms with E-state index < -0.39 is 29.3 Å². The standard InChI is InChI=1S/C16H12F6O2/c17-15(18,19)14(23,16(20,21)22)12-8-4-5-9-13(12)24-10-11-6-2-1-3-7-11/h1-9,23H,10H2. The first kappa shape index (κ1) is 18.1. The molecule has 24 heavy (non-hydrogen) atoms. The van der Waals surface area contributed by atoms with Gasteiger partial charge in [-0.3, -0.25) is 0 Å². The van der Waals surface area contributed by atoms with E-state index in [0.29, 0.717) is 11.6 Å². The Bertz CT molecular complexity index is 665. The fourth-order valence-electron chi connectivity index (χ4n) is 2.09. The number of halogens is 6. The van der Waals surface area contributed by atoms with Crippen LogP contribution >= 0.6 is 0 Å². The smallest absolute Gasteiger partial charge is 0.430 e. The molecular formula is C16H12F6O2. The lowest BCUT2D eigenvalue weighted by Crippen LogP contribution is -2.54. The minimum Gasteiger partial charge on any atom is -0.488 e. The van der Waals surface area contributed by atoms with Crippen LogP contribution in [0.1, 0.15) is 11.1 Å². The maximum atomic E-state index is 13.0. The maximum Gasteiger partial charge on any atom is 0.430 e. The third-order valence-electron chi connectivity index (χ3n) is 3.33. The van der Waals surface area contributed by atoms with Crippen LogP contribution in [-0.2, 0) is 12.2 Å². The molecule has 0 heterocycles. The number of aliphatic hydroxyl groups is 1. The summed E-state index contributed by atoms with van der Waals surface area (Å²) >= 11 is 0. The third-order valence-corrected chi connectivity index (χ3v) is 3.33. The van der Waals surface area contributed by atoms with Crippen molar-refractivity contribution in [2.45, 2.75) is 24.6 Å². The molecule has 130 valence electrons. The van der Waals surface area contributed by atoms with Crippen molar-refractivity contribution < 1.29 is 36.2 Å². The lowest BCUT2D eigenvalue weighted by atomic mass is 9.91. The highest BCUT2D eigenvalue weighted by atomic mass is 19.4. The van der Waals surface area contributed by atoms with Crippen molar-refractivity contribution in [1.29, 1.82) is 0 Å². The SMILES string of the molecule is OC(c1ccccc1OCc1ccccc1)(C(F)(F)F)C(F)(F)F. The quantitative estimate of drug-likeness (QED) is 0.818. The topological polar surface area (TPSA) is 29.5 Å². The highest BCUT2D eigenvalue weighted by molar-refractivity contribution is 5.40. The van der Waals surface area contributed by atoms with E-state index in [1.807, 2.05) is 0 Å². The monoisotopic (exact) mass is 350 g/mol. The third kappa shape index (κ3) is 3.33. The molecule has 0 aliphatic rings. The van der Waals surface area contributed by atoms with Crippen molar-refractivity contribution in [3.8, 4) is 5.75 Å². The molecule has 0 aliphatic heterocycles. The van der Waals surface area contributed by atoms with Crippen LogP contribution in [0.5, 0.6) is 5.75 Å². The molecule has 1 N–H and O–H groups in total. The van der Waals surface area contributed by atoms with E-state index in [1.54, 1.807) is 30.3 Å². The summed E-state index contributed by atoms with van der Waals surface area (Å²) < 4.78 is 83.1. The molecule has 0 fully saturated rings. The number of rotatable bonds is 4. The van der Waals surface area contributed by atoms with Gasteiger partial charge in [0.15, 0.2) is 0 Å². The molecule has 0 saturated carbocycles. The van der Waals surface area contributed by atoms with E-state index in [1.165, 1.54) is 6.07 Å². The molecule has 0 atom stereocenters. The molecule has 0 aliphatic carbocycles. The van der Waals surface area contributed by atoms with E-state index in [-0.39, 0.29) is 6.61 Å². The lowest BCUT2D eigenvalue weighted by Gasteiger charge is -2.33. The number of hydrogen-bond acceptors (Lipinski definition) is 2. The molecule has 2 aromatic rings. The van der Waals surface area contributed by atoms with Crippen molar-refractivity contribution in [1.82, 2.24) is 0 Å². The molecule has 8 heteroatoms.